The summed E-state index contributed by atoms with van der Waals surface area (Å²) in [5.74, 6) is -1.60. The number of quaternary nitrogens is 1. The van der Waals surface area contributed by atoms with Crippen molar-refractivity contribution >= 4 is 29.0 Å². The van der Waals surface area contributed by atoms with Gasteiger partial charge in [-0.2, -0.15) is 0 Å². The van der Waals surface area contributed by atoms with Crippen LogP contribution in [-0.2, 0) is 4.79 Å². The van der Waals surface area contributed by atoms with Gasteiger partial charge in [-0.15, -0.1) is 0 Å². The van der Waals surface area contributed by atoms with Crippen LogP contribution in [0.1, 0.15) is 23.2 Å². The van der Waals surface area contributed by atoms with E-state index in [1.807, 2.05) is 0 Å². The first kappa shape index (κ1) is 14.1. The Hall–Kier alpha value is -1.36. The molecule has 4 nitrogen and oxygen atoms in total. The minimum absolute atomic E-state index is 0. The molecule has 3 rings (SSSR count). The number of halogens is 2. The third-order valence-corrected chi connectivity index (χ3v) is 3.56. The van der Waals surface area contributed by atoms with E-state index in [-0.39, 0.29) is 18.0 Å². The molecular formula is C13H11Cl2NO3. The monoisotopic (exact) mass is 299 g/mol. The van der Waals surface area contributed by atoms with Gasteiger partial charge in [-0.3, -0.25) is 9.69 Å². The van der Waals surface area contributed by atoms with Crippen molar-refractivity contribution in [2.45, 2.75) is 18.9 Å². The van der Waals surface area contributed by atoms with Crippen LogP contribution in [0.5, 0.6) is 0 Å². The molecule has 1 fully saturated rings. The number of rotatable bonds is 2. The van der Waals surface area contributed by atoms with Crippen LogP contribution < -0.4 is 17.3 Å². The number of aliphatic carboxylic acids is 1. The maximum Gasteiger partial charge on any atom is 0.345 e. The Morgan fingerprint density at radius 3 is 2.63 bits per heavy atom. The van der Waals surface area contributed by atoms with E-state index in [9.17, 15) is 9.59 Å². The van der Waals surface area contributed by atoms with E-state index >= 15 is 0 Å². The number of carbonyl (C=O) groups is 2. The van der Waals surface area contributed by atoms with Gasteiger partial charge in [-0.25, -0.2) is 4.79 Å². The predicted octanol–water partition coefficient (Wildman–Crippen LogP) is -1.81. The van der Waals surface area contributed by atoms with Gasteiger partial charge in [0, 0.05) is 23.9 Å². The van der Waals surface area contributed by atoms with Crippen LogP contribution >= 0.6 is 11.6 Å². The molecule has 1 atom stereocenters. The van der Waals surface area contributed by atoms with Gasteiger partial charge < -0.3 is 17.5 Å². The summed E-state index contributed by atoms with van der Waals surface area (Å²) in [4.78, 5) is 24.1. The number of carboxylic acid groups (broad SMARTS) is 1. The Balaban J connectivity index is 0.00000133. The Bertz CT molecular complexity index is 594. The minimum Gasteiger partial charge on any atom is -1.00 e. The van der Waals surface area contributed by atoms with Crippen LogP contribution in [0.4, 0.5) is 5.69 Å². The fraction of sp³-hybridized carbons (Fsp3) is 0.231. The van der Waals surface area contributed by atoms with Gasteiger partial charge in [0.15, 0.2) is 5.57 Å². The van der Waals surface area contributed by atoms with Crippen LogP contribution in [0.3, 0.4) is 0 Å². The lowest BCUT2D eigenvalue weighted by Crippen LogP contribution is -3.05. The highest BCUT2D eigenvalue weighted by atomic mass is 35.5. The molecule has 6 heteroatoms. The maximum absolute atomic E-state index is 12.1. The first-order valence-corrected chi connectivity index (χ1v) is 6.12. The van der Waals surface area contributed by atoms with E-state index in [2.05, 4.69) is 0 Å². The fourth-order valence-corrected chi connectivity index (χ4v) is 2.46. The molecule has 0 bridgehead atoms. The summed E-state index contributed by atoms with van der Waals surface area (Å²) in [6, 6.07) is 5.34. The number of benzene rings is 1. The highest BCUT2D eigenvalue weighted by Crippen LogP contribution is 2.27. The van der Waals surface area contributed by atoms with Gasteiger partial charge in [0.1, 0.15) is 11.9 Å². The lowest BCUT2D eigenvalue weighted by Gasteiger charge is -2.21. The molecule has 2 aliphatic rings. The lowest BCUT2D eigenvalue weighted by atomic mass is 9.98. The standard InChI is InChI=1S/C13H10ClNO3.ClH/c14-7-1-4-9-11(5-7)15(8-2-3-8)6-10(12(9)16)13(17)18;/h1,4-6,8H,2-3H2,(H,17,18);1H. The van der Waals surface area contributed by atoms with Crippen molar-refractivity contribution in [1.82, 2.24) is 0 Å². The average molecular weight is 300 g/mol. The molecule has 0 radical (unpaired) electrons. The molecule has 0 amide bonds. The van der Waals surface area contributed by atoms with Gasteiger partial charge >= 0.3 is 5.97 Å². The van der Waals surface area contributed by atoms with Gasteiger partial charge in [0.25, 0.3) is 0 Å². The molecule has 1 aromatic rings. The number of carbonyl (C=O) groups excluding carboxylic acids is 1. The third-order valence-electron chi connectivity index (χ3n) is 3.33. The highest BCUT2D eigenvalue weighted by molar-refractivity contribution is 6.31. The molecule has 100 valence electrons. The van der Waals surface area contributed by atoms with Crippen molar-refractivity contribution in [3.05, 3.63) is 40.6 Å². The molecule has 1 heterocycles. The van der Waals surface area contributed by atoms with Crippen molar-refractivity contribution in [3.63, 3.8) is 0 Å². The Morgan fingerprint density at radius 1 is 1.37 bits per heavy atom. The van der Waals surface area contributed by atoms with Crippen LogP contribution in [0.25, 0.3) is 0 Å². The number of carboxylic acids is 1. The summed E-state index contributed by atoms with van der Waals surface area (Å²) in [5.41, 5.74) is 1.09. The second-order valence-corrected chi connectivity index (χ2v) is 5.05. The second-order valence-electron chi connectivity index (χ2n) is 4.61. The zero-order valence-corrected chi connectivity index (χ0v) is 11.3. The minimum atomic E-state index is -1.17. The number of fused-ring (bicyclic) bond motifs is 1. The van der Waals surface area contributed by atoms with Crippen molar-refractivity contribution in [2.24, 2.45) is 0 Å². The topological polar surface area (TPSA) is 58.8 Å². The highest BCUT2D eigenvalue weighted by Gasteiger charge is 2.41. The molecule has 1 aromatic carbocycles. The van der Waals surface area contributed by atoms with Crippen molar-refractivity contribution in [3.8, 4) is 0 Å². The van der Waals surface area contributed by atoms with Gasteiger partial charge in [0.2, 0.25) is 5.78 Å². The zero-order valence-electron chi connectivity index (χ0n) is 9.82. The quantitative estimate of drug-likeness (QED) is 0.633. The van der Waals surface area contributed by atoms with Crippen LogP contribution in [0.15, 0.2) is 30.0 Å². The lowest BCUT2D eigenvalue weighted by molar-refractivity contribution is -0.789. The van der Waals surface area contributed by atoms with E-state index in [0.29, 0.717) is 16.6 Å². The number of nitrogens with one attached hydrogen (secondary N) is 1. The number of Topliss-reactive ketones (excluding diaryl/α,β-unsaturated/α-hetero) is 1. The van der Waals surface area contributed by atoms with E-state index in [0.717, 1.165) is 23.4 Å². The predicted molar refractivity (Wildman–Crippen MR) is 65.1 cm³/mol. The first-order valence-electron chi connectivity index (χ1n) is 5.74. The number of ketones is 1. The molecule has 1 aliphatic carbocycles. The maximum atomic E-state index is 12.1. The van der Waals surface area contributed by atoms with Gasteiger partial charge in [0.05, 0.1) is 11.6 Å². The number of hydrogen-bond donors (Lipinski definition) is 2. The SMILES string of the molecule is O=C(O)C1=C[NH+](C2CC2)c2cc(Cl)ccc2C1=O.[Cl-]. The summed E-state index contributed by atoms with van der Waals surface area (Å²) in [7, 11) is 0. The summed E-state index contributed by atoms with van der Waals surface area (Å²) >= 11 is 5.95. The van der Waals surface area contributed by atoms with E-state index < -0.39 is 11.8 Å². The molecule has 1 aliphatic heterocycles. The normalized spacial score (nSPS) is 21.2. The molecule has 1 unspecified atom stereocenters. The molecule has 1 saturated carbocycles. The average Bonchev–Trinajstić information content (AvgIpc) is 3.13. The van der Waals surface area contributed by atoms with E-state index in [1.54, 1.807) is 18.2 Å². The van der Waals surface area contributed by atoms with Crippen molar-refractivity contribution < 1.29 is 32.0 Å². The Kier molecular flexibility index (Phi) is 3.67. The van der Waals surface area contributed by atoms with E-state index in [4.69, 9.17) is 16.7 Å². The first-order chi connectivity index (χ1) is 8.58. The Labute approximate surface area is 121 Å². The zero-order chi connectivity index (χ0) is 12.9. The summed E-state index contributed by atoms with van der Waals surface area (Å²) in [6.07, 6.45) is 3.60. The molecule has 0 spiro atoms. The van der Waals surface area contributed by atoms with Gasteiger partial charge in [-0.1, -0.05) is 11.6 Å². The molecule has 2 N–H and O–H groups in total. The summed E-state index contributed by atoms with van der Waals surface area (Å²) in [5, 5.41) is 9.64. The molecule has 0 aromatic heterocycles. The van der Waals surface area contributed by atoms with Crippen LogP contribution in [0.2, 0.25) is 5.02 Å². The van der Waals surface area contributed by atoms with Crippen molar-refractivity contribution in [2.75, 3.05) is 0 Å². The van der Waals surface area contributed by atoms with E-state index in [1.165, 1.54) is 6.20 Å². The molecule has 0 saturated heterocycles. The van der Waals surface area contributed by atoms with Crippen molar-refractivity contribution in [1.29, 1.82) is 0 Å². The second kappa shape index (κ2) is 4.96. The van der Waals surface area contributed by atoms with Crippen LogP contribution in [0, 0.1) is 0 Å². The van der Waals surface area contributed by atoms with Crippen LogP contribution in [-0.4, -0.2) is 22.9 Å². The largest absolute Gasteiger partial charge is 1.00 e. The summed E-state index contributed by atoms with van der Waals surface area (Å²) < 4.78 is 0. The molecular weight excluding hydrogens is 289 g/mol. The smallest absolute Gasteiger partial charge is 0.345 e. The number of hydrogen-bond acceptors (Lipinski definition) is 2. The molecule has 19 heavy (non-hydrogen) atoms. The van der Waals surface area contributed by atoms with Gasteiger partial charge in [-0.05, 0) is 12.1 Å². The fourth-order valence-electron chi connectivity index (χ4n) is 2.29. The third kappa shape index (κ3) is 2.39. The summed E-state index contributed by atoms with van der Waals surface area (Å²) in [6.45, 7) is 0. The Morgan fingerprint density at radius 2 is 2.05 bits per heavy atom.